The number of pyridine rings is 2. The summed E-state index contributed by atoms with van der Waals surface area (Å²) in [6.45, 7) is 0. The van der Waals surface area contributed by atoms with Crippen molar-refractivity contribution < 1.29 is 18.9 Å². The van der Waals surface area contributed by atoms with Crippen LogP contribution in [-0.2, 0) is 21.9 Å². The summed E-state index contributed by atoms with van der Waals surface area (Å²) in [4.78, 5) is 4.17. The van der Waals surface area contributed by atoms with Gasteiger partial charge in [-0.25, -0.2) is 8.42 Å². The van der Waals surface area contributed by atoms with E-state index in [0.29, 0.717) is 0 Å². The van der Waals surface area contributed by atoms with Crippen molar-refractivity contribution in [2.75, 3.05) is 13.4 Å². The molecule has 0 aliphatic heterocycles. The lowest BCUT2D eigenvalue weighted by Gasteiger charge is -1.99. The second-order valence-corrected chi connectivity index (χ2v) is 8.74. The SMILES string of the molecule is CS(=O)(=O)Cl.Clc1ccnc2c1C=CC2.[2H]CF.[O-][n+]1cccc2c1CC=C2. The van der Waals surface area contributed by atoms with Crippen LogP contribution >= 0.6 is 22.3 Å². The fraction of sp³-hybridized carbons (Fsp3) is 0.222. The van der Waals surface area contributed by atoms with Gasteiger partial charge in [-0.15, -0.1) is 0 Å². The number of nitrogens with zero attached hydrogens (tertiary/aromatic N) is 2. The number of aromatic nitrogens is 2. The Morgan fingerprint density at radius 3 is 2.52 bits per heavy atom. The third-order valence-corrected chi connectivity index (χ3v) is 3.65. The summed E-state index contributed by atoms with van der Waals surface area (Å²) in [6, 6.07) is 5.53. The van der Waals surface area contributed by atoms with Gasteiger partial charge >= 0.3 is 0 Å². The van der Waals surface area contributed by atoms with Crippen LogP contribution in [0.15, 0.2) is 42.7 Å². The van der Waals surface area contributed by atoms with Crippen LogP contribution in [0.4, 0.5) is 4.39 Å². The Morgan fingerprint density at radius 2 is 1.93 bits per heavy atom. The van der Waals surface area contributed by atoms with Gasteiger partial charge in [0.05, 0.1) is 31.9 Å². The topological polar surface area (TPSA) is 74.0 Å². The highest BCUT2D eigenvalue weighted by atomic mass is 35.7. The smallest absolute Gasteiger partial charge is 0.229 e. The van der Waals surface area contributed by atoms with Gasteiger partial charge in [-0.1, -0.05) is 35.9 Å². The summed E-state index contributed by atoms with van der Waals surface area (Å²) >= 11 is 5.88. The van der Waals surface area contributed by atoms with Gasteiger partial charge in [0.2, 0.25) is 14.7 Å². The molecular formula is C18H19Cl2FN2O3S. The van der Waals surface area contributed by atoms with E-state index in [-0.39, 0.29) is 0 Å². The van der Waals surface area contributed by atoms with Gasteiger partial charge < -0.3 is 5.21 Å². The van der Waals surface area contributed by atoms with Crippen LogP contribution in [0.1, 0.15) is 23.9 Å². The molecule has 0 atom stereocenters. The molecule has 9 heteroatoms. The second kappa shape index (κ2) is 11.0. The van der Waals surface area contributed by atoms with Crippen LogP contribution in [0.25, 0.3) is 12.2 Å². The predicted molar refractivity (Wildman–Crippen MR) is 108 cm³/mol. The molecule has 0 saturated carbocycles. The number of fused-ring (bicyclic) bond motifs is 2. The van der Waals surface area contributed by atoms with Crippen LogP contribution in [0.2, 0.25) is 5.02 Å². The second-order valence-electron chi connectivity index (χ2n) is 5.28. The van der Waals surface area contributed by atoms with Gasteiger partial charge in [-0.2, -0.15) is 4.73 Å². The lowest BCUT2D eigenvalue weighted by molar-refractivity contribution is -0.613. The number of rotatable bonds is 0. The van der Waals surface area contributed by atoms with Crippen molar-refractivity contribution in [3.63, 3.8) is 0 Å². The number of alkyl halides is 1. The summed E-state index contributed by atoms with van der Waals surface area (Å²) in [5.74, 6) is 0. The van der Waals surface area contributed by atoms with Crippen LogP contribution in [0, 0.1) is 5.21 Å². The Kier molecular flexibility index (Phi) is 8.71. The van der Waals surface area contributed by atoms with E-state index in [4.69, 9.17) is 13.0 Å². The molecule has 0 fully saturated rings. The van der Waals surface area contributed by atoms with Gasteiger partial charge in [0, 0.05) is 40.5 Å². The monoisotopic (exact) mass is 433 g/mol. The number of hydrogen-bond acceptors (Lipinski definition) is 4. The third-order valence-electron chi connectivity index (χ3n) is 3.32. The molecule has 27 heavy (non-hydrogen) atoms. The molecule has 0 radical (unpaired) electrons. The zero-order chi connectivity index (χ0) is 21.2. The van der Waals surface area contributed by atoms with Crippen molar-refractivity contribution in [1.29, 1.82) is 0 Å². The number of hydrogen-bond donors (Lipinski definition) is 0. The molecule has 0 aromatic carbocycles. The maximum Gasteiger partial charge on any atom is 0.229 e. The van der Waals surface area contributed by atoms with E-state index < -0.39 is 16.2 Å². The molecule has 4 rings (SSSR count). The molecule has 0 amide bonds. The highest BCUT2D eigenvalue weighted by Crippen LogP contribution is 2.24. The summed E-state index contributed by atoms with van der Waals surface area (Å²) in [5, 5.41) is 11.8. The summed E-state index contributed by atoms with van der Waals surface area (Å²) < 4.78 is 35.2. The average Bonchev–Trinajstić information content (AvgIpc) is 3.25. The van der Waals surface area contributed by atoms with Crippen LogP contribution in [0.3, 0.4) is 0 Å². The Labute approximate surface area is 169 Å². The average molecular weight is 434 g/mol. The highest BCUT2D eigenvalue weighted by Gasteiger charge is 2.12. The third kappa shape index (κ3) is 8.07. The molecule has 146 valence electrons. The van der Waals surface area contributed by atoms with Crippen molar-refractivity contribution in [2.24, 2.45) is 0 Å². The molecule has 0 unspecified atom stereocenters. The minimum absolute atomic E-state index is 0.777. The zero-order valence-electron chi connectivity index (χ0n) is 15.5. The number of allylic oxidation sites excluding steroid dienone is 2. The standard InChI is InChI=1S/C8H6ClN.C8H7NO.CH3ClO2S.CH3F/c9-7-4-5-10-8-3-1-2-6(7)8;10-9-6-2-4-7-3-1-5-8(7)9;1-5(2,3)4;1-2/h1-2,4-5H,3H2;1-4,6H,5H2;1H3;1H3/i;;;1D. The lowest BCUT2D eigenvalue weighted by Crippen LogP contribution is -2.30. The molecule has 0 spiro atoms. The Bertz CT molecular complexity index is 946. The van der Waals surface area contributed by atoms with E-state index in [1.165, 1.54) is 6.20 Å². The van der Waals surface area contributed by atoms with Crippen LogP contribution in [-0.4, -0.2) is 26.8 Å². The van der Waals surface area contributed by atoms with E-state index in [1.54, 1.807) is 12.3 Å². The molecule has 0 saturated heterocycles. The Hall–Kier alpha value is -1.96. The zero-order valence-corrected chi connectivity index (χ0v) is 16.8. The Morgan fingerprint density at radius 1 is 1.30 bits per heavy atom. The minimum Gasteiger partial charge on any atom is -0.618 e. The summed E-state index contributed by atoms with van der Waals surface area (Å²) in [5.41, 5.74) is 4.09. The molecule has 0 bridgehead atoms. The first-order valence-electron chi connectivity index (χ1n) is 8.30. The van der Waals surface area contributed by atoms with Crippen LogP contribution < -0.4 is 4.73 Å². The summed E-state index contributed by atoms with van der Waals surface area (Å²) in [7, 11) is 0.308. The first-order valence-corrected chi connectivity index (χ1v) is 10.7. The first kappa shape index (κ1) is 21.3. The van der Waals surface area contributed by atoms with E-state index in [0.717, 1.165) is 51.4 Å². The molecule has 2 heterocycles. The quantitative estimate of drug-likeness (QED) is 0.357. The van der Waals surface area contributed by atoms with Gasteiger partial charge in [-0.05, 0) is 12.1 Å². The molecule has 2 aliphatic rings. The minimum atomic E-state index is -3.19. The van der Waals surface area contributed by atoms with Crippen molar-refractivity contribution in [3.8, 4) is 0 Å². The van der Waals surface area contributed by atoms with E-state index in [9.17, 15) is 18.0 Å². The first-order chi connectivity index (χ1) is 13.2. The van der Waals surface area contributed by atoms with Gasteiger partial charge in [0.15, 0.2) is 6.20 Å². The van der Waals surface area contributed by atoms with Crippen molar-refractivity contribution in [1.82, 2.24) is 4.98 Å². The molecule has 5 nitrogen and oxygen atoms in total. The van der Waals surface area contributed by atoms with E-state index in [1.807, 2.05) is 30.4 Å². The number of halogens is 3. The normalized spacial score (nSPS) is 13.0. The van der Waals surface area contributed by atoms with Crippen molar-refractivity contribution >= 4 is 43.5 Å². The largest absolute Gasteiger partial charge is 0.618 e. The highest BCUT2D eigenvalue weighted by molar-refractivity contribution is 8.13. The van der Waals surface area contributed by atoms with Gasteiger partial charge in [0.1, 0.15) is 0 Å². The van der Waals surface area contributed by atoms with E-state index in [2.05, 4.69) is 21.7 Å². The molecule has 2 aromatic rings. The van der Waals surface area contributed by atoms with Gasteiger partial charge in [0.25, 0.3) is 0 Å². The van der Waals surface area contributed by atoms with Crippen molar-refractivity contribution in [3.05, 3.63) is 75.5 Å². The maximum atomic E-state index is 11.0. The van der Waals surface area contributed by atoms with Crippen LogP contribution in [0.5, 0.6) is 0 Å². The van der Waals surface area contributed by atoms with Crippen molar-refractivity contribution in [2.45, 2.75) is 12.8 Å². The fourth-order valence-electron chi connectivity index (χ4n) is 2.31. The Balaban J connectivity index is 0.000000207. The summed E-state index contributed by atoms with van der Waals surface area (Å²) in [6.07, 6.45) is 14.0. The fourth-order valence-corrected chi connectivity index (χ4v) is 2.54. The van der Waals surface area contributed by atoms with E-state index >= 15 is 0 Å². The maximum absolute atomic E-state index is 11.0. The molecule has 2 aliphatic carbocycles. The molecular weight excluding hydrogens is 414 g/mol. The molecule has 2 aromatic heterocycles. The molecule has 0 N–H and O–H groups in total. The lowest BCUT2D eigenvalue weighted by atomic mass is 10.2. The van der Waals surface area contributed by atoms with Gasteiger partial charge in [-0.3, -0.25) is 9.37 Å². The predicted octanol–water partition coefficient (Wildman–Crippen LogP) is 3.96.